The second kappa shape index (κ2) is 6.56. The summed E-state index contributed by atoms with van der Waals surface area (Å²) in [6.07, 6.45) is -0.484. The lowest BCUT2D eigenvalue weighted by atomic mass is 10.2. The van der Waals surface area contributed by atoms with E-state index in [0.717, 1.165) is 16.4 Å². The van der Waals surface area contributed by atoms with Crippen molar-refractivity contribution in [2.45, 2.75) is 38.1 Å². The van der Waals surface area contributed by atoms with Crippen molar-refractivity contribution in [1.82, 2.24) is 20.2 Å². The molecule has 0 saturated heterocycles. The van der Waals surface area contributed by atoms with Crippen LogP contribution in [0.2, 0.25) is 0 Å². The molecule has 2 aromatic rings. The first-order chi connectivity index (χ1) is 11.4. The van der Waals surface area contributed by atoms with Crippen LogP contribution in [0.15, 0.2) is 40.9 Å². The molecule has 3 rings (SSSR count). The van der Waals surface area contributed by atoms with Gasteiger partial charge in [-0.1, -0.05) is 42.1 Å². The standard InChI is InChI=1S/C16H19N5O2S/c1-16(2,3)23-15(22)17-9-13-18-19-14-21(13)20-12(10-24-14)11-7-5-4-6-8-11/h4-8,10,20H,9H2,1-3H3,(H,17,22). The van der Waals surface area contributed by atoms with Crippen LogP contribution in [0, 0.1) is 0 Å². The lowest BCUT2D eigenvalue weighted by molar-refractivity contribution is 0.0522. The first-order valence-corrected chi connectivity index (χ1v) is 8.41. The summed E-state index contributed by atoms with van der Waals surface area (Å²) in [6.45, 7) is 5.68. The highest BCUT2D eigenvalue weighted by Gasteiger charge is 2.20. The fraction of sp³-hybridized carbons (Fsp3) is 0.312. The molecule has 0 spiro atoms. The molecule has 7 nitrogen and oxygen atoms in total. The number of aromatic nitrogens is 3. The molecule has 1 aliphatic rings. The Morgan fingerprint density at radius 2 is 2.04 bits per heavy atom. The zero-order chi connectivity index (χ0) is 17.2. The predicted molar refractivity (Wildman–Crippen MR) is 92.7 cm³/mol. The molecule has 8 heteroatoms. The molecule has 126 valence electrons. The molecule has 0 unspecified atom stereocenters. The lowest BCUT2D eigenvalue weighted by Crippen LogP contribution is -2.33. The zero-order valence-corrected chi connectivity index (χ0v) is 14.6. The van der Waals surface area contributed by atoms with Crippen LogP contribution in [0.25, 0.3) is 5.70 Å². The third-order valence-corrected chi connectivity index (χ3v) is 3.92. The van der Waals surface area contributed by atoms with Crippen LogP contribution in [0.4, 0.5) is 4.79 Å². The number of alkyl carbamates (subject to hydrolysis) is 1. The SMILES string of the molecule is CC(C)(C)OC(=O)NCc1nnc2n1NC(c1ccccc1)=CS2. The van der Waals surface area contributed by atoms with Gasteiger partial charge in [-0.25, -0.2) is 9.47 Å². The van der Waals surface area contributed by atoms with Gasteiger partial charge in [0.15, 0.2) is 5.82 Å². The van der Waals surface area contributed by atoms with Crippen molar-refractivity contribution in [2.75, 3.05) is 5.43 Å². The molecule has 1 aromatic heterocycles. The first-order valence-electron chi connectivity index (χ1n) is 7.53. The van der Waals surface area contributed by atoms with E-state index in [-0.39, 0.29) is 6.54 Å². The van der Waals surface area contributed by atoms with E-state index in [2.05, 4.69) is 20.9 Å². The number of hydrogen-bond acceptors (Lipinski definition) is 6. The Bertz CT molecular complexity index is 765. The zero-order valence-electron chi connectivity index (χ0n) is 13.7. The molecule has 0 fully saturated rings. The summed E-state index contributed by atoms with van der Waals surface area (Å²) < 4.78 is 6.99. The fourth-order valence-electron chi connectivity index (χ4n) is 2.08. The number of fused-ring (bicyclic) bond motifs is 1. The Balaban J connectivity index is 1.68. The number of benzene rings is 1. The predicted octanol–water partition coefficient (Wildman–Crippen LogP) is 2.95. The maximum Gasteiger partial charge on any atom is 0.408 e. The fourth-order valence-corrected chi connectivity index (χ4v) is 2.83. The number of ether oxygens (including phenoxy) is 1. The van der Waals surface area contributed by atoms with Gasteiger partial charge in [0, 0.05) is 5.41 Å². The number of amides is 1. The van der Waals surface area contributed by atoms with Crippen LogP contribution in [-0.4, -0.2) is 26.6 Å². The van der Waals surface area contributed by atoms with Crippen LogP contribution in [0.1, 0.15) is 32.2 Å². The average molecular weight is 345 g/mol. The van der Waals surface area contributed by atoms with Gasteiger partial charge < -0.3 is 10.1 Å². The third kappa shape index (κ3) is 3.88. The van der Waals surface area contributed by atoms with Crippen molar-refractivity contribution >= 4 is 23.6 Å². The number of thioether (sulfide) groups is 1. The number of rotatable bonds is 3. The van der Waals surface area contributed by atoms with Gasteiger partial charge in [0.1, 0.15) is 5.60 Å². The highest BCUT2D eigenvalue weighted by atomic mass is 32.2. The highest BCUT2D eigenvalue weighted by molar-refractivity contribution is 8.02. The Labute approximate surface area is 144 Å². The Morgan fingerprint density at radius 3 is 2.75 bits per heavy atom. The van der Waals surface area contributed by atoms with Gasteiger partial charge in [0.25, 0.3) is 0 Å². The molecule has 0 aliphatic carbocycles. The van der Waals surface area contributed by atoms with Crippen LogP contribution >= 0.6 is 11.8 Å². The average Bonchev–Trinajstić information content (AvgIpc) is 2.94. The van der Waals surface area contributed by atoms with Crippen molar-refractivity contribution in [3.8, 4) is 0 Å². The summed E-state index contributed by atoms with van der Waals surface area (Å²) in [5.41, 5.74) is 4.75. The summed E-state index contributed by atoms with van der Waals surface area (Å²) in [6, 6.07) is 9.98. The van der Waals surface area contributed by atoms with E-state index >= 15 is 0 Å². The summed E-state index contributed by atoms with van der Waals surface area (Å²) >= 11 is 1.48. The van der Waals surface area contributed by atoms with Crippen LogP contribution < -0.4 is 10.7 Å². The largest absolute Gasteiger partial charge is 0.444 e. The van der Waals surface area contributed by atoms with Gasteiger partial charge in [-0.2, -0.15) is 0 Å². The third-order valence-electron chi connectivity index (χ3n) is 3.09. The molecular weight excluding hydrogens is 326 g/mol. The van der Waals surface area contributed by atoms with Crippen LogP contribution in [-0.2, 0) is 11.3 Å². The van der Waals surface area contributed by atoms with Gasteiger partial charge in [0.2, 0.25) is 5.16 Å². The Morgan fingerprint density at radius 1 is 1.29 bits per heavy atom. The minimum absolute atomic E-state index is 0.220. The first kappa shape index (κ1) is 16.4. The van der Waals surface area contributed by atoms with E-state index in [9.17, 15) is 4.79 Å². The number of carbonyl (C=O) groups is 1. The maximum atomic E-state index is 11.8. The van der Waals surface area contributed by atoms with Gasteiger partial charge >= 0.3 is 6.09 Å². The highest BCUT2D eigenvalue weighted by Crippen LogP contribution is 2.28. The smallest absolute Gasteiger partial charge is 0.408 e. The van der Waals surface area contributed by atoms with Crippen molar-refractivity contribution in [2.24, 2.45) is 0 Å². The normalized spacial score (nSPS) is 13.5. The molecule has 24 heavy (non-hydrogen) atoms. The minimum Gasteiger partial charge on any atom is -0.444 e. The van der Waals surface area contributed by atoms with E-state index in [1.54, 1.807) is 4.68 Å². The molecule has 0 radical (unpaired) electrons. The second-order valence-corrected chi connectivity index (χ2v) is 7.05. The topological polar surface area (TPSA) is 81.1 Å². The van der Waals surface area contributed by atoms with Crippen molar-refractivity contribution in [1.29, 1.82) is 0 Å². The van der Waals surface area contributed by atoms with E-state index in [4.69, 9.17) is 4.74 Å². The van der Waals surface area contributed by atoms with Crippen molar-refractivity contribution < 1.29 is 9.53 Å². The molecule has 0 bridgehead atoms. The molecule has 2 N–H and O–H groups in total. The molecule has 2 heterocycles. The number of hydrogen-bond donors (Lipinski definition) is 2. The van der Waals surface area contributed by atoms with Gasteiger partial charge in [0.05, 0.1) is 12.2 Å². The second-order valence-electron chi connectivity index (χ2n) is 6.22. The van der Waals surface area contributed by atoms with Crippen molar-refractivity contribution in [3.63, 3.8) is 0 Å². The molecule has 1 aliphatic heterocycles. The molecule has 1 amide bonds. The van der Waals surface area contributed by atoms with E-state index in [1.165, 1.54) is 11.8 Å². The van der Waals surface area contributed by atoms with Gasteiger partial charge in [-0.3, -0.25) is 5.43 Å². The lowest BCUT2D eigenvalue weighted by Gasteiger charge is -2.21. The Kier molecular flexibility index (Phi) is 4.48. The summed E-state index contributed by atoms with van der Waals surface area (Å²) in [5.74, 6) is 0.602. The summed E-state index contributed by atoms with van der Waals surface area (Å²) in [5, 5.41) is 13.6. The number of nitrogens with zero attached hydrogens (tertiary/aromatic N) is 3. The quantitative estimate of drug-likeness (QED) is 0.890. The van der Waals surface area contributed by atoms with E-state index < -0.39 is 11.7 Å². The summed E-state index contributed by atoms with van der Waals surface area (Å²) in [4.78, 5) is 11.8. The maximum absolute atomic E-state index is 11.8. The Hall–Kier alpha value is -2.48. The summed E-state index contributed by atoms with van der Waals surface area (Å²) in [7, 11) is 0. The molecule has 1 aromatic carbocycles. The van der Waals surface area contributed by atoms with E-state index in [0.29, 0.717) is 5.82 Å². The number of nitrogens with one attached hydrogen (secondary N) is 2. The van der Waals surface area contributed by atoms with Crippen molar-refractivity contribution in [3.05, 3.63) is 47.1 Å². The van der Waals surface area contributed by atoms with Gasteiger partial charge in [-0.15, -0.1) is 10.2 Å². The molecule has 0 atom stereocenters. The molecular formula is C16H19N5O2S. The monoisotopic (exact) mass is 345 g/mol. The number of carbonyl (C=O) groups excluding carboxylic acids is 1. The van der Waals surface area contributed by atoms with Crippen LogP contribution in [0.5, 0.6) is 0 Å². The minimum atomic E-state index is -0.536. The molecule has 0 saturated carbocycles. The van der Waals surface area contributed by atoms with Gasteiger partial charge in [-0.05, 0) is 26.3 Å². The van der Waals surface area contributed by atoms with Crippen LogP contribution in [0.3, 0.4) is 0 Å². The van der Waals surface area contributed by atoms with E-state index in [1.807, 2.05) is 56.5 Å².